The zero-order valence-electron chi connectivity index (χ0n) is 18.0. The van der Waals surface area contributed by atoms with Gasteiger partial charge < -0.3 is 9.80 Å². The summed E-state index contributed by atoms with van der Waals surface area (Å²) in [7, 11) is 0. The highest BCUT2D eigenvalue weighted by Crippen LogP contribution is 2.32. The van der Waals surface area contributed by atoms with Crippen LogP contribution in [0.15, 0.2) is 47.5 Å². The first-order valence-corrected chi connectivity index (χ1v) is 11.6. The first-order chi connectivity index (χ1) is 16.0. The van der Waals surface area contributed by atoms with E-state index in [0.717, 1.165) is 61.0 Å². The van der Waals surface area contributed by atoms with Gasteiger partial charge in [0, 0.05) is 37.1 Å². The van der Waals surface area contributed by atoms with Gasteiger partial charge in [0.2, 0.25) is 0 Å². The molecule has 2 saturated heterocycles. The number of fused-ring (bicyclic) bond motifs is 1. The summed E-state index contributed by atoms with van der Waals surface area (Å²) in [6.45, 7) is 6.61. The first kappa shape index (κ1) is 21.5. The zero-order valence-corrected chi connectivity index (χ0v) is 18.9. The number of imide groups is 1. The van der Waals surface area contributed by atoms with Crippen molar-refractivity contribution in [2.45, 2.75) is 6.92 Å². The number of carbonyl (C=O) groups is 2. The maximum Gasteiger partial charge on any atom is 0.290 e. The molecule has 2 amide bonds. The molecule has 1 aromatic heterocycles. The summed E-state index contributed by atoms with van der Waals surface area (Å²) in [5.41, 5.74) is 3.47. The van der Waals surface area contributed by atoms with Crippen molar-refractivity contribution in [1.82, 2.24) is 20.4 Å². The maximum atomic E-state index is 15.1. The van der Waals surface area contributed by atoms with E-state index >= 15 is 4.39 Å². The van der Waals surface area contributed by atoms with Crippen LogP contribution in [-0.4, -0.2) is 59.0 Å². The van der Waals surface area contributed by atoms with Crippen molar-refractivity contribution in [1.29, 1.82) is 0 Å². The highest BCUT2D eigenvalue weighted by Gasteiger charge is 2.25. The van der Waals surface area contributed by atoms with Crippen molar-refractivity contribution < 1.29 is 14.0 Å². The largest absolute Gasteiger partial charge is 0.367 e. The number of hydrogen-bond acceptors (Lipinski definition) is 7. The molecule has 0 bridgehead atoms. The van der Waals surface area contributed by atoms with E-state index in [1.807, 2.05) is 24.3 Å². The Morgan fingerprint density at radius 1 is 1.12 bits per heavy atom. The fourth-order valence-corrected chi connectivity index (χ4v) is 4.89. The standard InChI is InChI=1S/C24H22FN5O2S/c1-2-29-7-9-30(10-8-29)21-6-4-16(13-19(21)25)18-14-26-28-20-5-3-15(11-17(18)20)12-22-23(31)27-24(32)33-22/h3-6,11-14H,2,7-10H2,1H3,(H,27,31,32)/b22-12-. The average Bonchev–Trinajstić information content (AvgIpc) is 3.15. The molecule has 0 atom stereocenters. The third-order valence-corrected chi connectivity index (χ3v) is 6.83. The predicted molar refractivity (Wildman–Crippen MR) is 128 cm³/mol. The Morgan fingerprint density at radius 3 is 2.64 bits per heavy atom. The number of carbonyl (C=O) groups excluding carboxylic acids is 2. The molecule has 5 rings (SSSR count). The van der Waals surface area contributed by atoms with E-state index < -0.39 is 5.91 Å². The van der Waals surface area contributed by atoms with Crippen LogP contribution in [0.4, 0.5) is 14.9 Å². The molecule has 33 heavy (non-hydrogen) atoms. The minimum atomic E-state index is -0.407. The van der Waals surface area contributed by atoms with Gasteiger partial charge in [-0.3, -0.25) is 14.9 Å². The number of anilines is 1. The second kappa shape index (κ2) is 8.92. The second-order valence-corrected chi connectivity index (χ2v) is 8.99. The number of hydrogen-bond donors (Lipinski definition) is 1. The SMILES string of the molecule is CCN1CCN(c2ccc(-c3cnnc4ccc(/C=C5\SC(=O)NC5=O)cc34)cc2F)CC1. The lowest BCUT2D eigenvalue weighted by molar-refractivity contribution is -0.115. The molecule has 2 aromatic carbocycles. The van der Waals surface area contributed by atoms with Crippen LogP contribution in [0.1, 0.15) is 12.5 Å². The van der Waals surface area contributed by atoms with Gasteiger partial charge in [-0.25, -0.2) is 4.39 Å². The van der Waals surface area contributed by atoms with Gasteiger partial charge in [-0.05, 0) is 59.8 Å². The lowest BCUT2D eigenvalue weighted by Gasteiger charge is -2.35. The topological polar surface area (TPSA) is 78.4 Å². The van der Waals surface area contributed by atoms with Crippen LogP contribution in [0.2, 0.25) is 0 Å². The molecule has 1 N–H and O–H groups in total. The number of likely N-dealkylation sites (N-methyl/N-ethyl adjacent to an activating group) is 1. The Labute approximate surface area is 194 Å². The molecule has 3 heterocycles. The van der Waals surface area contributed by atoms with Crippen LogP contribution in [0.25, 0.3) is 28.1 Å². The summed E-state index contributed by atoms with van der Waals surface area (Å²) in [6, 6.07) is 10.8. The third-order valence-electron chi connectivity index (χ3n) is 6.02. The lowest BCUT2D eigenvalue weighted by Crippen LogP contribution is -2.46. The maximum absolute atomic E-state index is 15.1. The second-order valence-electron chi connectivity index (χ2n) is 7.97. The Balaban J connectivity index is 1.48. The van der Waals surface area contributed by atoms with E-state index in [9.17, 15) is 9.59 Å². The average molecular weight is 464 g/mol. The molecule has 7 nitrogen and oxygen atoms in total. The van der Waals surface area contributed by atoms with Crippen molar-refractivity contribution in [3.63, 3.8) is 0 Å². The fourth-order valence-electron chi connectivity index (χ4n) is 4.20. The number of nitrogens with one attached hydrogen (secondary N) is 1. The first-order valence-electron chi connectivity index (χ1n) is 10.8. The number of benzene rings is 2. The molecular formula is C24H22FN5O2S. The van der Waals surface area contributed by atoms with Crippen LogP contribution >= 0.6 is 11.8 Å². The summed E-state index contributed by atoms with van der Waals surface area (Å²) in [5, 5.41) is 10.9. The van der Waals surface area contributed by atoms with Crippen LogP contribution < -0.4 is 10.2 Å². The number of aromatic nitrogens is 2. The Morgan fingerprint density at radius 2 is 1.94 bits per heavy atom. The highest BCUT2D eigenvalue weighted by atomic mass is 32.2. The molecule has 9 heteroatoms. The van der Waals surface area contributed by atoms with E-state index in [2.05, 4.69) is 32.2 Å². The van der Waals surface area contributed by atoms with E-state index in [-0.39, 0.29) is 11.1 Å². The smallest absolute Gasteiger partial charge is 0.290 e. The predicted octanol–water partition coefficient (Wildman–Crippen LogP) is 3.90. The van der Waals surface area contributed by atoms with Gasteiger partial charge in [-0.15, -0.1) is 0 Å². The summed E-state index contributed by atoms with van der Waals surface area (Å²) < 4.78 is 15.1. The molecular weight excluding hydrogens is 441 g/mol. The van der Waals surface area contributed by atoms with Gasteiger partial charge in [-0.1, -0.05) is 19.1 Å². The molecule has 0 spiro atoms. The van der Waals surface area contributed by atoms with Crippen LogP contribution in [0, 0.1) is 5.82 Å². The van der Waals surface area contributed by atoms with Gasteiger partial charge >= 0.3 is 0 Å². The molecule has 0 unspecified atom stereocenters. The van der Waals surface area contributed by atoms with Crippen LogP contribution in [0.3, 0.4) is 0 Å². The van der Waals surface area contributed by atoms with E-state index in [1.54, 1.807) is 24.4 Å². The molecule has 2 aliphatic rings. The minimum Gasteiger partial charge on any atom is -0.367 e. The highest BCUT2D eigenvalue weighted by molar-refractivity contribution is 8.18. The number of piperazine rings is 1. The van der Waals surface area contributed by atoms with Gasteiger partial charge in [0.25, 0.3) is 11.1 Å². The lowest BCUT2D eigenvalue weighted by atomic mass is 10.00. The van der Waals surface area contributed by atoms with Crippen LogP contribution in [0.5, 0.6) is 0 Å². The quantitative estimate of drug-likeness (QED) is 0.588. The van der Waals surface area contributed by atoms with Crippen molar-refractivity contribution in [2.24, 2.45) is 0 Å². The summed E-state index contributed by atoms with van der Waals surface area (Å²) in [5.74, 6) is -0.672. The van der Waals surface area contributed by atoms with Gasteiger partial charge in [0.05, 0.1) is 22.3 Å². The molecule has 0 saturated carbocycles. The monoisotopic (exact) mass is 463 g/mol. The minimum absolute atomic E-state index is 0.266. The van der Waals surface area contributed by atoms with Crippen LogP contribution in [-0.2, 0) is 4.79 Å². The summed E-state index contributed by atoms with van der Waals surface area (Å²) in [4.78, 5) is 28.1. The Bertz CT molecular complexity index is 1290. The number of rotatable bonds is 4. The molecule has 3 aromatic rings. The molecule has 0 radical (unpaired) electrons. The molecule has 2 fully saturated rings. The van der Waals surface area contributed by atoms with Crippen molar-refractivity contribution in [3.8, 4) is 11.1 Å². The van der Waals surface area contributed by atoms with Crippen molar-refractivity contribution in [2.75, 3.05) is 37.6 Å². The van der Waals surface area contributed by atoms with E-state index in [4.69, 9.17) is 0 Å². The van der Waals surface area contributed by atoms with Crippen molar-refractivity contribution >= 4 is 45.6 Å². The van der Waals surface area contributed by atoms with E-state index in [0.29, 0.717) is 21.7 Å². The third kappa shape index (κ3) is 4.34. The summed E-state index contributed by atoms with van der Waals surface area (Å²) >= 11 is 0.869. The summed E-state index contributed by atoms with van der Waals surface area (Å²) in [6.07, 6.45) is 3.28. The normalized spacial score (nSPS) is 18.4. The Kier molecular flexibility index (Phi) is 5.82. The molecule has 0 aliphatic carbocycles. The molecule has 168 valence electrons. The van der Waals surface area contributed by atoms with Gasteiger partial charge in [0.1, 0.15) is 5.82 Å². The Hall–Kier alpha value is -3.30. The number of halogens is 1. The molecule has 2 aliphatic heterocycles. The van der Waals surface area contributed by atoms with Crippen molar-refractivity contribution in [3.05, 3.63) is 58.9 Å². The number of thioether (sulfide) groups is 1. The number of nitrogens with zero attached hydrogens (tertiary/aromatic N) is 4. The fraction of sp³-hybridized carbons (Fsp3) is 0.250. The van der Waals surface area contributed by atoms with Gasteiger partial charge in [-0.2, -0.15) is 10.2 Å². The zero-order chi connectivity index (χ0) is 22.9. The number of amides is 2. The van der Waals surface area contributed by atoms with Gasteiger partial charge in [0.15, 0.2) is 0 Å². The van der Waals surface area contributed by atoms with E-state index in [1.165, 1.54) is 0 Å².